The van der Waals surface area contributed by atoms with Crippen molar-refractivity contribution < 1.29 is 4.79 Å². The van der Waals surface area contributed by atoms with E-state index in [0.29, 0.717) is 23.9 Å². The number of amides is 1. The first-order chi connectivity index (χ1) is 12.7. The minimum atomic E-state index is -0.136. The molecule has 0 unspecified atom stereocenters. The molecule has 3 rings (SSSR count). The van der Waals surface area contributed by atoms with Gasteiger partial charge in [0, 0.05) is 38.1 Å². The molecule has 0 aliphatic carbocycles. The van der Waals surface area contributed by atoms with Crippen LogP contribution in [0.3, 0.4) is 0 Å². The smallest absolute Gasteiger partial charge is 0.274 e. The van der Waals surface area contributed by atoms with E-state index in [-0.39, 0.29) is 5.91 Å². The third-order valence-corrected chi connectivity index (χ3v) is 5.38. The molecule has 0 aliphatic rings. The molecule has 0 radical (unpaired) electrons. The van der Waals surface area contributed by atoms with Gasteiger partial charge in [-0.25, -0.2) is 4.68 Å². The minimum Gasteiger partial charge on any atom is -0.336 e. The molecule has 144 valence electrons. The monoisotopic (exact) mass is 389 g/mol. The van der Waals surface area contributed by atoms with E-state index in [4.69, 9.17) is 11.6 Å². The van der Waals surface area contributed by atoms with Crippen LogP contribution >= 0.6 is 11.6 Å². The second kappa shape index (κ2) is 7.19. The van der Waals surface area contributed by atoms with Gasteiger partial charge in [-0.3, -0.25) is 14.2 Å². The number of nitrogens with zero attached hydrogens (tertiary/aromatic N) is 7. The molecule has 3 heterocycles. The van der Waals surface area contributed by atoms with E-state index in [9.17, 15) is 4.79 Å². The maximum Gasteiger partial charge on any atom is 0.274 e. The number of halogens is 1. The van der Waals surface area contributed by atoms with Crippen molar-refractivity contribution in [2.45, 2.75) is 40.9 Å². The van der Waals surface area contributed by atoms with Gasteiger partial charge in [-0.2, -0.15) is 15.3 Å². The largest absolute Gasteiger partial charge is 0.336 e. The van der Waals surface area contributed by atoms with Crippen LogP contribution < -0.4 is 0 Å². The molecule has 27 heavy (non-hydrogen) atoms. The normalized spacial score (nSPS) is 11.2. The quantitative estimate of drug-likeness (QED) is 0.671. The van der Waals surface area contributed by atoms with E-state index >= 15 is 0 Å². The van der Waals surface area contributed by atoms with E-state index in [2.05, 4.69) is 15.3 Å². The molecular formula is C18H24ClN7O. The number of rotatable bonds is 5. The Kier molecular flexibility index (Phi) is 5.10. The Morgan fingerprint density at radius 2 is 1.81 bits per heavy atom. The zero-order chi connectivity index (χ0) is 19.9. The average Bonchev–Trinajstić information content (AvgIpc) is 3.25. The van der Waals surface area contributed by atoms with Crippen LogP contribution in [-0.4, -0.2) is 47.2 Å². The molecule has 0 bridgehead atoms. The van der Waals surface area contributed by atoms with Crippen LogP contribution in [0.15, 0.2) is 12.3 Å². The molecule has 8 nitrogen and oxygen atoms in total. The van der Waals surface area contributed by atoms with Gasteiger partial charge in [-0.05, 0) is 33.8 Å². The molecule has 0 aromatic carbocycles. The Hall–Kier alpha value is -2.61. The van der Waals surface area contributed by atoms with E-state index in [0.717, 1.165) is 28.3 Å². The third-order valence-electron chi connectivity index (χ3n) is 4.83. The summed E-state index contributed by atoms with van der Waals surface area (Å²) in [6.45, 7) is 8.61. The summed E-state index contributed by atoms with van der Waals surface area (Å²) in [5, 5.41) is 13.8. The van der Waals surface area contributed by atoms with Gasteiger partial charge in [-0.1, -0.05) is 11.6 Å². The molecular weight excluding hydrogens is 366 g/mol. The van der Waals surface area contributed by atoms with Crippen LogP contribution in [0.2, 0.25) is 5.02 Å². The lowest BCUT2D eigenvalue weighted by atomic mass is 10.2. The molecule has 0 aliphatic heterocycles. The summed E-state index contributed by atoms with van der Waals surface area (Å²) in [6, 6.07) is 1.72. The lowest BCUT2D eigenvalue weighted by molar-refractivity contribution is 0.0777. The van der Waals surface area contributed by atoms with E-state index in [1.54, 1.807) is 33.6 Å². The predicted octanol–water partition coefficient (Wildman–Crippen LogP) is 2.48. The molecule has 3 aromatic rings. The zero-order valence-electron chi connectivity index (χ0n) is 16.5. The highest BCUT2D eigenvalue weighted by Crippen LogP contribution is 2.19. The molecule has 1 amide bonds. The van der Waals surface area contributed by atoms with Crippen molar-refractivity contribution in [3.05, 3.63) is 51.3 Å². The van der Waals surface area contributed by atoms with E-state index in [1.807, 2.05) is 39.4 Å². The number of carbonyl (C=O) groups excluding carboxylic acids is 1. The van der Waals surface area contributed by atoms with Crippen molar-refractivity contribution in [1.82, 2.24) is 34.2 Å². The maximum absolute atomic E-state index is 12.7. The summed E-state index contributed by atoms with van der Waals surface area (Å²) >= 11 is 6.19. The van der Waals surface area contributed by atoms with Crippen molar-refractivity contribution >= 4 is 17.5 Å². The van der Waals surface area contributed by atoms with Crippen molar-refractivity contribution in [2.75, 3.05) is 7.05 Å². The van der Waals surface area contributed by atoms with Gasteiger partial charge < -0.3 is 4.90 Å². The lowest BCUT2D eigenvalue weighted by Crippen LogP contribution is -2.27. The third kappa shape index (κ3) is 3.62. The molecule has 0 spiro atoms. The molecule has 3 aromatic heterocycles. The highest BCUT2D eigenvalue weighted by molar-refractivity contribution is 6.31. The SMILES string of the molecule is Cc1nn(Cn2ccc(C(=O)N(C)Cc3c(C)nn(C)c3C)n2)c(C)c1Cl. The van der Waals surface area contributed by atoms with E-state index < -0.39 is 0 Å². The predicted molar refractivity (Wildman–Crippen MR) is 103 cm³/mol. The second-order valence-corrected chi connectivity index (χ2v) is 7.18. The minimum absolute atomic E-state index is 0.136. The number of aryl methyl sites for hydroxylation is 3. The molecule has 9 heteroatoms. The van der Waals surface area contributed by atoms with Gasteiger partial charge in [0.05, 0.1) is 22.1 Å². The van der Waals surface area contributed by atoms with Crippen molar-refractivity contribution in [3.63, 3.8) is 0 Å². The average molecular weight is 390 g/mol. The van der Waals surface area contributed by atoms with Crippen molar-refractivity contribution in [3.8, 4) is 0 Å². The van der Waals surface area contributed by atoms with Gasteiger partial charge in [0.15, 0.2) is 0 Å². The van der Waals surface area contributed by atoms with Gasteiger partial charge in [-0.15, -0.1) is 0 Å². The fraction of sp³-hybridized carbons (Fsp3) is 0.444. The fourth-order valence-corrected chi connectivity index (χ4v) is 3.19. The highest BCUT2D eigenvalue weighted by Gasteiger charge is 2.19. The maximum atomic E-state index is 12.7. The summed E-state index contributed by atoms with van der Waals surface area (Å²) in [5.74, 6) is -0.136. The number of aromatic nitrogens is 6. The summed E-state index contributed by atoms with van der Waals surface area (Å²) in [4.78, 5) is 14.4. The first kappa shape index (κ1) is 19.2. The van der Waals surface area contributed by atoms with Crippen molar-refractivity contribution in [1.29, 1.82) is 0 Å². The number of hydrogen-bond acceptors (Lipinski definition) is 4. The Labute approximate surface area is 163 Å². The number of hydrogen-bond donors (Lipinski definition) is 0. The van der Waals surface area contributed by atoms with Gasteiger partial charge in [0.25, 0.3) is 5.91 Å². The van der Waals surface area contributed by atoms with Gasteiger partial charge in [0.1, 0.15) is 12.4 Å². The second-order valence-electron chi connectivity index (χ2n) is 6.80. The first-order valence-corrected chi connectivity index (χ1v) is 9.04. The standard InChI is InChI=1S/C18H24ClN7O/c1-11-15(13(3)24(6)20-11)9-23(5)18(27)16-7-8-25(22-16)10-26-14(4)17(19)12(2)21-26/h7-8H,9-10H2,1-6H3. The first-order valence-electron chi connectivity index (χ1n) is 8.66. The Morgan fingerprint density at radius 3 is 2.37 bits per heavy atom. The molecule has 0 saturated heterocycles. The Morgan fingerprint density at radius 1 is 1.11 bits per heavy atom. The highest BCUT2D eigenvalue weighted by atomic mass is 35.5. The number of carbonyl (C=O) groups is 1. The van der Waals surface area contributed by atoms with Crippen LogP contribution in [0.4, 0.5) is 0 Å². The topological polar surface area (TPSA) is 73.8 Å². The van der Waals surface area contributed by atoms with Crippen LogP contribution in [0, 0.1) is 27.7 Å². The summed E-state index contributed by atoms with van der Waals surface area (Å²) < 4.78 is 5.28. The van der Waals surface area contributed by atoms with Crippen LogP contribution in [-0.2, 0) is 20.3 Å². The molecule has 0 N–H and O–H groups in total. The van der Waals surface area contributed by atoms with Gasteiger partial charge >= 0.3 is 0 Å². The zero-order valence-corrected chi connectivity index (χ0v) is 17.2. The van der Waals surface area contributed by atoms with Crippen LogP contribution in [0.1, 0.15) is 38.8 Å². The lowest BCUT2D eigenvalue weighted by Gasteiger charge is -2.16. The van der Waals surface area contributed by atoms with Crippen molar-refractivity contribution in [2.24, 2.45) is 7.05 Å². The Balaban J connectivity index is 1.73. The van der Waals surface area contributed by atoms with Crippen LogP contribution in [0.5, 0.6) is 0 Å². The molecule has 0 saturated carbocycles. The molecule has 0 fully saturated rings. The summed E-state index contributed by atoms with van der Waals surface area (Å²) in [5.41, 5.74) is 5.09. The summed E-state index contributed by atoms with van der Waals surface area (Å²) in [6.07, 6.45) is 1.77. The fourth-order valence-electron chi connectivity index (χ4n) is 3.06. The van der Waals surface area contributed by atoms with E-state index in [1.165, 1.54) is 0 Å². The Bertz CT molecular complexity index is 998. The molecule has 0 atom stereocenters. The van der Waals surface area contributed by atoms with Gasteiger partial charge in [0.2, 0.25) is 0 Å². The van der Waals surface area contributed by atoms with Crippen LogP contribution in [0.25, 0.3) is 0 Å². The summed E-state index contributed by atoms with van der Waals surface area (Å²) in [7, 11) is 3.68.